The molecule has 3 nitrogen and oxygen atoms in total. The molecule has 0 fully saturated rings. The predicted octanol–water partition coefficient (Wildman–Crippen LogP) is 12.7. The largest absolute Gasteiger partial charge is 0.290 e. The molecule has 3 aromatic heterocycles. The van der Waals surface area contributed by atoms with Gasteiger partial charge in [0.15, 0.2) is 5.82 Å². The van der Waals surface area contributed by atoms with E-state index in [2.05, 4.69) is 168 Å². The molecule has 0 N–H and O–H groups in total. The van der Waals surface area contributed by atoms with Gasteiger partial charge >= 0.3 is 0 Å². The summed E-state index contributed by atoms with van der Waals surface area (Å²) in [5.74, 6) is 0.834. The van der Waals surface area contributed by atoms with Crippen molar-refractivity contribution >= 4 is 85.9 Å². The van der Waals surface area contributed by atoms with Gasteiger partial charge in [0, 0.05) is 37.2 Å². The highest BCUT2D eigenvalue weighted by Gasteiger charge is 2.25. The lowest BCUT2D eigenvalue weighted by atomic mass is 9.99. The molecule has 8 aromatic carbocycles. The van der Waals surface area contributed by atoms with Crippen molar-refractivity contribution in [3.63, 3.8) is 0 Å². The summed E-state index contributed by atoms with van der Waals surface area (Å²) in [4.78, 5) is 11.1. The number of nitrogens with zero attached hydrogens (tertiary/aromatic N) is 3. The number of para-hydroxylation sites is 1. The van der Waals surface area contributed by atoms with E-state index in [1.165, 1.54) is 58.4 Å². The Bertz CT molecular complexity index is 3140. The maximum absolute atomic E-state index is 5.57. The summed E-state index contributed by atoms with van der Waals surface area (Å²) in [6, 6.07) is 58.6. The molecule has 50 heavy (non-hydrogen) atoms. The molecule has 11 rings (SSSR count). The van der Waals surface area contributed by atoms with E-state index in [0.717, 1.165) is 44.4 Å². The molecule has 0 aliphatic rings. The van der Waals surface area contributed by atoms with Crippen LogP contribution in [-0.4, -0.2) is 14.5 Å². The minimum atomic E-state index is 0.834. The summed E-state index contributed by atoms with van der Waals surface area (Å²) in [7, 11) is 0. The van der Waals surface area contributed by atoms with Crippen molar-refractivity contribution < 1.29 is 0 Å². The van der Waals surface area contributed by atoms with E-state index in [1.807, 2.05) is 11.3 Å². The molecule has 0 spiro atoms. The number of hydrogen-bond acceptors (Lipinski definition) is 3. The summed E-state index contributed by atoms with van der Waals surface area (Å²) in [5.41, 5.74) is 8.34. The van der Waals surface area contributed by atoms with Crippen molar-refractivity contribution in [3.05, 3.63) is 164 Å². The number of aromatic nitrogens is 3. The van der Waals surface area contributed by atoms with Crippen LogP contribution in [0.15, 0.2) is 164 Å². The third-order valence-corrected chi connectivity index (χ3v) is 11.3. The minimum Gasteiger partial charge on any atom is -0.290 e. The van der Waals surface area contributed by atoms with Gasteiger partial charge in [-0.25, -0.2) is 9.97 Å². The van der Waals surface area contributed by atoms with Gasteiger partial charge in [-0.1, -0.05) is 146 Å². The maximum atomic E-state index is 5.57. The highest BCUT2D eigenvalue weighted by atomic mass is 32.1. The Labute approximate surface area is 291 Å². The Morgan fingerprint density at radius 3 is 1.88 bits per heavy atom. The molecule has 0 aliphatic heterocycles. The lowest BCUT2D eigenvalue weighted by molar-refractivity contribution is 1.09. The summed E-state index contributed by atoms with van der Waals surface area (Å²) in [6.07, 6.45) is 0. The quantitative estimate of drug-likeness (QED) is 0.178. The molecule has 232 valence electrons. The first-order valence-corrected chi connectivity index (χ1v) is 17.7. The monoisotopic (exact) mass is 653 g/mol. The zero-order valence-corrected chi connectivity index (χ0v) is 27.7. The molecule has 0 unspecified atom stereocenters. The molecule has 0 saturated heterocycles. The van der Waals surface area contributed by atoms with Crippen LogP contribution in [-0.2, 0) is 0 Å². The Kier molecular flexibility index (Phi) is 5.83. The van der Waals surface area contributed by atoms with Crippen molar-refractivity contribution in [1.29, 1.82) is 0 Å². The summed E-state index contributed by atoms with van der Waals surface area (Å²) < 4.78 is 4.95. The van der Waals surface area contributed by atoms with Gasteiger partial charge in [-0.2, -0.15) is 0 Å². The summed E-state index contributed by atoms with van der Waals surface area (Å²) in [5, 5.41) is 9.84. The lowest BCUT2D eigenvalue weighted by Crippen LogP contribution is -2.04. The molecule has 0 amide bonds. The number of thiophene rings is 1. The van der Waals surface area contributed by atoms with Gasteiger partial charge in [0.1, 0.15) is 5.69 Å². The fourth-order valence-electron chi connectivity index (χ4n) is 7.93. The van der Waals surface area contributed by atoms with Gasteiger partial charge in [-0.15, -0.1) is 11.3 Å². The summed E-state index contributed by atoms with van der Waals surface area (Å²) in [6.45, 7) is 0. The van der Waals surface area contributed by atoms with E-state index >= 15 is 0 Å². The highest BCUT2D eigenvalue weighted by molar-refractivity contribution is 7.27. The molecule has 3 heterocycles. The second-order valence-electron chi connectivity index (χ2n) is 12.9. The average molecular weight is 654 g/mol. The third kappa shape index (κ3) is 3.91. The minimum absolute atomic E-state index is 0.834. The van der Waals surface area contributed by atoms with Crippen molar-refractivity contribution in [1.82, 2.24) is 14.5 Å². The van der Waals surface area contributed by atoms with Gasteiger partial charge in [0.25, 0.3) is 0 Å². The highest BCUT2D eigenvalue weighted by Crippen LogP contribution is 2.48. The smallest absolute Gasteiger partial charge is 0.165 e. The van der Waals surface area contributed by atoms with Crippen molar-refractivity contribution in [3.8, 4) is 28.2 Å². The molecule has 11 aromatic rings. The summed E-state index contributed by atoms with van der Waals surface area (Å²) >= 11 is 1.87. The van der Waals surface area contributed by atoms with E-state index in [0.29, 0.717) is 0 Å². The Balaban J connectivity index is 1.32. The van der Waals surface area contributed by atoms with Gasteiger partial charge < -0.3 is 0 Å². The molecular formula is C46H27N3S. The van der Waals surface area contributed by atoms with Crippen LogP contribution in [0.2, 0.25) is 0 Å². The molecular weight excluding hydrogens is 627 g/mol. The third-order valence-electron chi connectivity index (χ3n) is 10.2. The van der Waals surface area contributed by atoms with Crippen molar-refractivity contribution in [2.45, 2.75) is 0 Å². The Morgan fingerprint density at radius 2 is 1.06 bits per heavy atom. The fraction of sp³-hybridized carbons (Fsp3) is 0. The molecule has 0 radical (unpaired) electrons. The van der Waals surface area contributed by atoms with Crippen LogP contribution < -0.4 is 0 Å². The standard InChI is InChI=1S/C46H27N3S/c1-2-12-28(13-3-1)29-22-24-31(25-23-29)42-46(47-37-27-26-30-14-4-5-15-32(30)43(37)48-42)49-38-20-10-8-18-35(38)40-33-16-6-7-17-34(33)41-36-19-9-11-21-39(36)50-45(41)44(40)49/h1-27H. The van der Waals surface area contributed by atoms with Crippen LogP contribution in [0.5, 0.6) is 0 Å². The first-order valence-electron chi connectivity index (χ1n) is 16.9. The van der Waals surface area contributed by atoms with Crippen LogP contribution in [0.25, 0.3) is 103 Å². The second-order valence-corrected chi connectivity index (χ2v) is 14.0. The van der Waals surface area contributed by atoms with E-state index < -0.39 is 0 Å². The van der Waals surface area contributed by atoms with E-state index in [9.17, 15) is 0 Å². The topological polar surface area (TPSA) is 30.7 Å². The van der Waals surface area contributed by atoms with Crippen LogP contribution >= 0.6 is 11.3 Å². The number of rotatable bonds is 3. The van der Waals surface area contributed by atoms with Gasteiger partial charge in [0.05, 0.1) is 26.8 Å². The zero-order valence-electron chi connectivity index (χ0n) is 26.8. The molecule has 0 aliphatic carbocycles. The zero-order chi connectivity index (χ0) is 32.8. The van der Waals surface area contributed by atoms with Gasteiger partial charge in [-0.3, -0.25) is 4.57 Å². The molecule has 0 saturated carbocycles. The van der Waals surface area contributed by atoms with E-state index in [-0.39, 0.29) is 0 Å². The number of benzene rings is 8. The van der Waals surface area contributed by atoms with E-state index in [1.54, 1.807) is 0 Å². The first-order chi connectivity index (χ1) is 24.8. The molecule has 0 atom stereocenters. The van der Waals surface area contributed by atoms with Crippen molar-refractivity contribution in [2.24, 2.45) is 0 Å². The van der Waals surface area contributed by atoms with Crippen LogP contribution in [0.1, 0.15) is 0 Å². The normalized spacial score (nSPS) is 12.0. The Hall–Kier alpha value is -6.36. The predicted molar refractivity (Wildman–Crippen MR) is 213 cm³/mol. The van der Waals surface area contributed by atoms with Gasteiger partial charge in [-0.05, 0) is 45.5 Å². The Morgan fingerprint density at radius 1 is 0.440 bits per heavy atom. The first kappa shape index (κ1) is 27.6. The molecule has 4 heteroatoms. The number of fused-ring (bicyclic) bond motifs is 13. The van der Waals surface area contributed by atoms with Crippen LogP contribution in [0.3, 0.4) is 0 Å². The molecule has 0 bridgehead atoms. The lowest BCUT2D eigenvalue weighted by Gasteiger charge is -2.15. The van der Waals surface area contributed by atoms with Crippen molar-refractivity contribution in [2.75, 3.05) is 0 Å². The van der Waals surface area contributed by atoms with Crippen LogP contribution in [0, 0.1) is 0 Å². The SMILES string of the molecule is c1ccc(-c2ccc(-c3nc4c(ccc5ccccc54)nc3-n3c4ccccc4c4c5ccccc5c5c6ccccc6sc5c43)cc2)cc1. The van der Waals surface area contributed by atoms with Crippen LogP contribution in [0.4, 0.5) is 0 Å². The number of hydrogen-bond donors (Lipinski definition) is 0. The fourth-order valence-corrected chi connectivity index (χ4v) is 9.19. The van der Waals surface area contributed by atoms with Gasteiger partial charge in [0.2, 0.25) is 0 Å². The average Bonchev–Trinajstić information content (AvgIpc) is 3.75. The second kappa shape index (κ2) is 10.6. The maximum Gasteiger partial charge on any atom is 0.165 e. The van der Waals surface area contributed by atoms with E-state index in [4.69, 9.17) is 9.97 Å².